The third-order valence-corrected chi connectivity index (χ3v) is 8.28. The van der Waals surface area contributed by atoms with Gasteiger partial charge in [-0.1, -0.05) is 56.3 Å². The van der Waals surface area contributed by atoms with Crippen LogP contribution in [0.15, 0.2) is 89.6 Å². The van der Waals surface area contributed by atoms with Gasteiger partial charge in [0.15, 0.2) is 11.6 Å². The molecule has 0 bridgehead atoms. The highest BCUT2D eigenvalue weighted by atomic mass is 32.2. The van der Waals surface area contributed by atoms with Crippen LogP contribution in [0.5, 0.6) is 0 Å². The average molecular weight is 673 g/mol. The number of amides is 1. The summed E-state index contributed by atoms with van der Waals surface area (Å²) in [7, 11) is -1.22. The molecule has 47 heavy (non-hydrogen) atoms. The van der Waals surface area contributed by atoms with Crippen LogP contribution in [0.25, 0.3) is 5.70 Å². The van der Waals surface area contributed by atoms with E-state index in [0.717, 1.165) is 0 Å². The number of carboxylic acids is 1. The number of aromatic carboxylic acids is 1. The van der Waals surface area contributed by atoms with Crippen LogP contribution in [0.1, 0.15) is 58.5 Å². The first-order valence-electron chi connectivity index (χ1n) is 14.8. The molecule has 9 nitrogen and oxygen atoms in total. The second kappa shape index (κ2) is 12.6. The van der Waals surface area contributed by atoms with E-state index in [1.54, 1.807) is 54.2 Å². The summed E-state index contributed by atoms with van der Waals surface area (Å²) in [5.41, 5.74) is 2.69. The summed E-state index contributed by atoms with van der Waals surface area (Å²) in [5, 5.41) is 12.8. The van der Waals surface area contributed by atoms with Crippen LogP contribution in [-0.4, -0.2) is 62.0 Å². The Hall–Kier alpha value is -4.48. The van der Waals surface area contributed by atoms with Gasteiger partial charge < -0.3 is 10.4 Å². The van der Waals surface area contributed by atoms with Crippen molar-refractivity contribution in [2.45, 2.75) is 32.1 Å². The fourth-order valence-corrected chi connectivity index (χ4v) is 6.77. The van der Waals surface area contributed by atoms with Crippen molar-refractivity contribution >= 4 is 62.1 Å². The Kier molecular flexibility index (Phi) is 9.09. The van der Waals surface area contributed by atoms with Gasteiger partial charge in [0.25, 0.3) is 5.91 Å². The molecule has 1 atom stereocenters. The van der Waals surface area contributed by atoms with Gasteiger partial charge in [0.1, 0.15) is 5.41 Å². The number of Topliss-reactive ketones (excluding diaryl/α,β-unsaturated/α-hetero) is 2. The highest BCUT2D eigenvalue weighted by Crippen LogP contribution is 2.61. The highest BCUT2D eigenvalue weighted by Gasteiger charge is 2.65. The predicted molar refractivity (Wildman–Crippen MR) is 185 cm³/mol. The Balaban J connectivity index is 0.000000490. The molecule has 0 saturated carbocycles. The summed E-state index contributed by atoms with van der Waals surface area (Å²) in [5.74, 6) is -1.91. The quantitative estimate of drug-likeness (QED) is 0.373. The SMILES string of the molecule is CC1(C)CC(=O)C2=C(C1)N(c1ccc(C(=O)O)cc1)C(=O)[C@]21C2=C(Nc3ccccc31)c1ccccc1C2=O.CS(C)=O.CS(C)=O. The van der Waals surface area contributed by atoms with Crippen LogP contribution in [0.2, 0.25) is 0 Å². The number of ketones is 2. The summed E-state index contributed by atoms with van der Waals surface area (Å²) in [6.45, 7) is 3.99. The molecule has 2 aliphatic heterocycles. The lowest BCUT2D eigenvalue weighted by Gasteiger charge is -2.39. The van der Waals surface area contributed by atoms with Gasteiger partial charge in [0.05, 0.1) is 11.3 Å². The molecule has 0 radical (unpaired) electrons. The van der Waals surface area contributed by atoms with Crippen molar-refractivity contribution < 1.29 is 32.7 Å². The fraction of sp³-hybridized carbons (Fsp3) is 0.278. The first kappa shape index (κ1) is 33.9. The molecule has 244 valence electrons. The van der Waals surface area contributed by atoms with Crippen molar-refractivity contribution in [1.82, 2.24) is 0 Å². The molecule has 0 unspecified atom stereocenters. The van der Waals surface area contributed by atoms with E-state index in [1.807, 2.05) is 50.2 Å². The summed E-state index contributed by atoms with van der Waals surface area (Å²) in [6, 6.07) is 20.7. The maximum Gasteiger partial charge on any atom is 0.335 e. The Morgan fingerprint density at radius 1 is 0.787 bits per heavy atom. The Morgan fingerprint density at radius 2 is 1.34 bits per heavy atom. The summed E-state index contributed by atoms with van der Waals surface area (Å²) < 4.78 is 19.1. The van der Waals surface area contributed by atoms with Crippen LogP contribution < -0.4 is 10.2 Å². The zero-order chi connectivity index (χ0) is 34.4. The van der Waals surface area contributed by atoms with Gasteiger partial charge in [-0.25, -0.2) is 4.79 Å². The number of allylic oxidation sites excluding steroid dienone is 1. The Bertz CT molecular complexity index is 1940. The molecule has 11 heteroatoms. The smallest absolute Gasteiger partial charge is 0.335 e. The molecular formula is C36H36N2O7S2. The number of anilines is 2. The summed E-state index contributed by atoms with van der Waals surface area (Å²) in [4.78, 5) is 56.4. The van der Waals surface area contributed by atoms with Crippen LogP contribution in [0.3, 0.4) is 0 Å². The molecule has 0 fully saturated rings. The molecule has 7 rings (SSSR count). The number of nitrogens with one attached hydrogen (secondary N) is 1. The van der Waals surface area contributed by atoms with Crippen molar-refractivity contribution in [1.29, 1.82) is 0 Å². The molecule has 2 aliphatic carbocycles. The second-order valence-corrected chi connectivity index (χ2v) is 15.8. The van der Waals surface area contributed by atoms with Gasteiger partial charge >= 0.3 is 5.97 Å². The Morgan fingerprint density at radius 3 is 1.94 bits per heavy atom. The summed E-state index contributed by atoms with van der Waals surface area (Å²) >= 11 is 0. The van der Waals surface area contributed by atoms with Crippen molar-refractivity contribution in [3.05, 3.63) is 112 Å². The van der Waals surface area contributed by atoms with E-state index in [2.05, 4.69) is 5.32 Å². The maximum atomic E-state index is 15.0. The zero-order valence-electron chi connectivity index (χ0n) is 27.0. The van der Waals surface area contributed by atoms with E-state index >= 15 is 4.79 Å². The number of fused-ring (bicyclic) bond motifs is 6. The van der Waals surface area contributed by atoms with Crippen LogP contribution >= 0.6 is 0 Å². The second-order valence-electron chi connectivity index (χ2n) is 12.8. The minimum Gasteiger partial charge on any atom is -0.478 e. The van der Waals surface area contributed by atoms with Crippen molar-refractivity contribution in [2.24, 2.45) is 5.41 Å². The summed E-state index contributed by atoms with van der Waals surface area (Å²) in [6.07, 6.45) is 7.24. The number of para-hydroxylation sites is 1. The third kappa shape index (κ3) is 5.82. The van der Waals surface area contributed by atoms with Gasteiger partial charge in [-0.05, 0) is 42.2 Å². The number of hydrogen-bond donors (Lipinski definition) is 2. The van der Waals surface area contributed by atoms with Crippen LogP contribution in [0, 0.1) is 5.41 Å². The number of carbonyl (C=O) groups is 4. The number of hydrogen-bond acceptors (Lipinski definition) is 7. The fourth-order valence-electron chi connectivity index (χ4n) is 6.77. The number of rotatable bonds is 2. The van der Waals surface area contributed by atoms with Gasteiger partial charge in [-0.15, -0.1) is 0 Å². The molecule has 2 heterocycles. The molecule has 2 N–H and O–H groups in total. The molecule has 0 saturated heterocycles. The van der Waals surface area contributed by atoms with E-state index in [4.69, 9.17) is 0 Å². The molecule has 0 aromatic heterocycles. The number of carbonyl (C=O) groups excluding carboxylic acids is 3. The lowest BCUT2D eigenvalue weighted by atomic mass is 9.61. The van der Waals surface area contributed by atoms with Crippen molar-refractivity contribution in [3.8, 4) is 0 Å². The van der Waals surface area contributed by atoms with Crippen molar-refractivity contribution in [3.63, 3.8) is 0 Å². The molecule has 1 amide bonds. The number of nitrogens with zero attached hydrogens (tertiary/aromatic N) is 1. The first-order chi connectivity index (χ1) is 22.1. The minimum atomic E-state index is -1.62. The monoisotopic (exact) mass is 672 g/mol. The standard InChI is InChI=1S/C32H24N2O5.2C2H6OS/c1-31(2)15-23-25(24(35)16-31)32(30(39)34(23)18-13-11-17(12-14-18)29(37)38)21-9-5-6-10-22(21)33-27-19-7-3-4-8-20(19)28(36)26(27)32;2*1-4(2)3/h3-14,33H,15-16H2,1-2H3,(H,37,38);2*1-2H3/t32-;;/m0../s1. The molecule has 3 aromatic rings. The normalized spacial score (nSPS) is 20.2. The van der Waals surface area contributed by atoms with Crippen LogP contribution in [0.4, 0.5) is 11.4 Å². The highest BCUT2D eigenvalue weighted by molar-refractivity contribution is 7.83. The topological polar surface area (TPSA) is 138 Å². The van der Waals surface area contributed by atoms with E-state index < -0.39 is 44.3 Å². The molecule has 4 aliphatic rings. The number of carboxylic acid groups (broad SMARTS) is 1. The molecule has 3 aromatic carbocycles. The van der Waals surface area contributed by atoms with Gasteiger partial charge in [-0.2, -0.15) is 0 Å². The maximum absolute atomic E-state index is 15.0. The van der Waals surface area contributed by atoms with E-state index in [0.29, 0.717) is 51.5 Å². The van der Waals surface area contributed by atoms with Crippen LogP contribution in [-0.2, 0) is 36.6 Å². The van der Waals surface area contributed by atoms with E-state index in [-0.39, 0.29) is 29.1 Å². The third-order valence-electron chi connectivity index (χ3n) is 8.28. The van der Waals surface area contributed by atoms with Gasteiger partial charge in [0.2, 0.25) is 0 Å². The van der Waals surface area contributed by atoms with E-state index in [1.165, 1.54) is 12.1 Å². The van der Waals surface area contributed by atoms with Gasteiger partial charge in [-0.3, -0.25) is 27.7 Å². The number of benzene rings is 3. The van der Waals surface area contributed by atoms with Crippen molar-refractivity contribution in [2.75, 3.05) is 35.2 Å². The van der Waals surface area contributed by atoms with E-state index in [9.17, 15) is 27.9 Å². The zero-order valence-corrected chi connectivity index (χ0v) is 28.6. The van der Waals surface area contributed by atoms with Gasteiger partial charge in [0, 0.05) is 98.0 Å². The first-order valence-corrected chi connectivity index (χ1v) is 18.8. The predicted octanol–water partition coefficient (Wildman–Crippen LogP) is 5.34. The largest absolute Gasteiger partial charge is 0.478 e. The average Bonchev–Trinajstić information content (AvgIpc) is 3.40. The lowest BCUT2D eigenvalue weighted by Crippen LogP contribution is -2.47. The molecular weight excluding hydrogens is 637 g/mol. The molecule has 1 spiro atoms. The minimum absolute atomic E-state index is 0.0907. The lowest BCUT2D eigenvalue weighted by molar-refractivity contribution is -0.123. The Labute approximate surface area is 278 Å².